The Morgan fingerprint density at radius 2 is 2.44 bits per heavy atom. The highest BCUT2D eigenvalue weighted by atomic mass is 16.4. The molecule has 1 aliphatic heterocycles. The second-order valence-electron chi connectivity index (χ2n) is 3.54. The fraction of sp³-hybridized carbons (Fsp3) is 0.273. The molecule has 0 radical (unpaired) electrons. The average Bonchev–Trinajstić information content (AvgIpc) is 2.29. The number of benzene rings is 1. The summed E-state index contributed by atoms with van der Waals surface area (Å²) < 4.78 is 0. The Morgan fingerprint density at radius 1 is 1.62 bits per heavy atom. The molecule has 1 aromatic rings. The van der Waals surface area contributed by atoms with Crippen LogP contribution in [0.25, 0.3) is 0 Å². The number of aromatic carboxylic acids is 1. The van der Waals surface area contributed by atoms with Crippen molar-refractivity contribution in [2.75, 3.05) is 29.9 Å². The number of hydrogen-bond donors (Lipinski definition) is 2. The van der Waals surface area contributed by atoms with Crippen molar-refractivity contribution in [3.8, 4) is 6.07 Å². The first-order valence-electron chi connectivity index (χ1n) is 4.95. The van der Waals surface area contributed by atoms with Gasteiger partial charge in [0.25, 0.3) is 0 Å². The predicted octanol–water partition coefficient (Wildman–Crippen LogP) is 1.14. The van der Waals surface area contributed by atoms with Crippen LogP contribution in [0.2, 0.25) is 0 Å². The van der Waals surface area contributed by atoms with E-state index >= 15 is 0 Å². The van der Waals surface area contributed by atoms with E-state index in [1.165, 1.54) is 0 Å². The van der Waals surface area contributed by atoms with Gasteiger partial charge in [-0.25, -0.2) is 4.79 Å². The zero-order valence-electron chi connectivity index (χ0n) is 8.60. The second-order valence-corrected chi connectivity index (χ2v) is 3.54. The summed E-state index contributed by atoms with van der Waals surface area (Å²) in [6.45, 7) is 1.75. The van der Waals surface area contributed by atoms with Gasteiger partial charge in [0, 0.05) is 13.1 Å². The zero-order valence-corrected chi connectivity index (χ0v) is 8.60. The summed E-state index contributed by atoms with van der Waals surface area (Å²) in [4.78, 5) is 12.7. The summed E-state index contributed by atoms with van der Waals surface area (Å²) in [6.07, 6.45) is 0. The fourth-order valence-electron chi connectivity index (χ4n) is 1.77. The molecule has 1 aliphatic rings. The first kappa shape index (κ1) is 10.3. The van der Waals surface area contributed by atoms with Gasteiger partial charge in [0.1, 0.15) is 6.54 Å². The number of carboxylic acid groups (broad SMARTS) is 1. The number of rotatable bonds is 2. The number of nitrogens with zero attached hydrogens (tertiary/aromatic N) is 2. The number of nitriles is 1. The number of carbonyl (C=O) groups is 1. The molecule has 82 valence electrons. The molecule has 0 aliphatic carbocycles. The average molecular weight is 217 g/mol. The number of anilines is 2. The third kappa shape index (κ3) is 1.77. The standard InChI is InChI=1S/C11H11N3O2/c12-3-5-14-6-4-13-9-2-1-8(11(15)16)7-10(9)14/h1-2,7,13H,4-6H2,(H,15,16). The molecule has 0 saturated carbocycles. The lowest BCUT2D eigenvalue weighted by Gasteiger charge is -2.30. The maximum atomic E-state index is 10.8. The first-order valence-corrected chi connectivity index (χ1v) is 4.95. The van der Waals surface area contributed by atoms with Crippen LogP contribution in [0.4, 0.5) is 11.4 Å². The smallest absolute Gasteiger partial charge is 0.335 e. The largest absolute Gasteiger partial charge is 0.478 e. The number of fused-ring (bicyclic) bond motifs is 1. The van der Waals surface area contributed by atoms with Crippen molar-refractivity contribution in [3.05, 3.63) is 23.8 Å². The Bertz CT molecular complexity index is 465. The van der Waals surface area contributed by atoms with E-state index in [0.717, 1.165) is 17.9 Å². The molecular formula is C11H11N3O2. The van der Waals surface area contributed by atoms with Crippen LogP contribution >= 0.6 is 0 Å². The van der Waals surface area contributed by atoms with E-state index in [1.807, 2.05) is 4.90 Å². The van der Waals surface area contributed by atoms with Gasteiger partial charge in [-0.15, -0.1) is 0 Å². The Morgan fingerprint density at radius 3 is 3.12 bits per heavy atom. The van der Waals surface area contributed by atoms with Crippen LogP contribution in [0.15, 0.2) is 18.2 Å². The third-order valence-corrected chi connectivity index (χ3v) is 2.54. The highest BCUT2D eigenvalue weighted by Crippen LogP contribution is 2.29. The van der Waals surface area contributed by atoms with Crippen molar-refractivity contribution in [2.24, 2.45) is 0 Å². The van der Waals surface area contributed by atoms with Crippen molar-refractivity contribution in [1.82, 2.24) is 0 Å². The molecular weight excluding hydrogens is 206 g/mol. The molecule has 0 saturated heterocycles. The molecule has 16 heavy (non-hydrogen) atoms. The van der Waals surface area contributed by atoms with Crippen molar-refractivity contribution in [3.63, 3.8) is 0 Å². The van der Waals surface area contributed by atoms with Crippen LogP contribution < -0.4 is 10.2 Å². The van der Waals surface area contributed by atoms with Gasteiger partial charge in [0.15, 0.2) is 0 Å². The van der Waals surface area contributed by atoms with Gasteiger partial charge in [0.2, 0.25) is 0 Å². The molecule has 2 rings (SSSR count). The van der Waals surface area contributed by atoms with E-state index in [2.05, 4.69) is 11.4 Å². The molecule has 1 aromatic carbocycles. The van der Waals surface area contributed by atoms with E-state index < -0.39 is 5.97 Å². The summed E-state index contributed by atoms with van der Waals surface area (Å²) in [5.74, 6) is -0.953. The van der Waals surface area contributed by atoms with Gasteiger partial charge >= 0.3 is 5.97 Å². The van der Waals surface area contributed by atoms with Gasteiger partial charge < -0.3 is 15.3 Å². The Kier molecular flexibility index (Phi) is 2.64. The molecule has 5 heteroatoms. The van der Waals surface area contributed by atoms with Crippen LogP contribution in [0, 0.1) is 11.3 Å². The minimum absolute atomic E-state index is 0.241. The molecule has 5 nitrogen and oxygen atoms in total. The molecule has 1 heterocycles. The lowest BCUT2D eigenvalue weighted by Crippen LogP contribution is -2.34. The lowest BCUT2D eigenvalue weighted by atomic mass is 10.1. The van der Waals surface area contributed by atoms with E-state index in [1.54, 1.807) is 18.2 Å². The molecule has 0 atom stereocenters. The Hall–Kier alpha value is -2.22. The van der Waals surface area contributed by atoms with Gasteiger partial charge in [-0.3, -0.25) is 0 Å². The van der Waals surface area contributed by atoms with Crippen molar-refractivity contribution in [1.29, 1.82) is 5.26 Å². The van der Waals surface area contributed by atoms with Crippen LogP contribution in [-0.2, 0) is 0 Å². The summed E-state index contributed by atoms with van der Waals surface area (Å²) >= 11 is 0. The van der Waals surface area contributed by atoms with Gasteiger partial charge in [-0.05, 0) is 18.2 Å². The zero-order chi connectivity index (χ0) is 11.5. The van der Waals surface area contributed by atoms with Crippen LogP contribution in [-0.4, -0.2) is 30.7 Å². The summed E-state index contributed by atoms with van der Waals surface area (Å²) in [6, 6.07) is 6.97. The lowest BCUT2D eigenvalue weighted by molar-refractivity contribution is 0.0697. The highest BCUT2D eigenvalue weighted by molar-refractivity contribution is 5.91. The van der Waals surface area contributed by atoms with E-state index in [9.17, 15) is 4.79 Å². The third-order valence-electron chi connectivity index (χ3n) is 2.54. The molecule has 0 spiro atoms. The molecule has 0 amide bonds. The van der Waals surface area contributed by atoms with E-state index in [-0.39, 0.29) is 12.1 Å². The highest BCUT2D eigenvalue weighted by Gasteiger charge is 2.17. The second kappa shape index (κ2) is 4.11. The van der Waals surface area contributed by atoms with Crippen molar-refractivity contribution < 1.29 is 9.90 Å². The SMILES string of the molecule is N#CCN1CCNc2ccc(C(=O)O)cc21. The molecule has 0 fully saturated rings. The molecule has 0 unspecified atom stereocenters. The molecule has 2 N–H and O–H groups in total. The van der Waals surface area contributed by atoms with Gasteiger partial charge in [-0.1, -0.05) is 0 Å². The summed E-state index contributed by atoms with van der Waals surface area (Å²) in [5, 5.41) is 20.8. The van der Waals surface area contributed by atoms with Crippen LogP contribution in [0.5, 0.6) is 0 Å². The van der Waals surface area contributed by atoms with Gasteiger partial charge in [0.05, 0.1) is 23.0 Å². The summed E-state index contributed by atoms with van der Waals surface area (Å²) in [7, 11) is 0. The fourth-order valence-corrected chi connectivity index (χ4v) is 1.77. The number of carboxylic acids is 1. The molecule has 0 bridgehead atoms. The molecule has 0 aromatic heterocycles. The monoisotopic (exact) mass is 217 g/mol. The minimum Gasteiger partial charge on any atom is -0.478 e. The van der Waals surface area contributed by atoms with Crippen LogP contribution in [0.3, 0.4) is 0 Å². The Balaban J connectivity index is 2.41. The summed E-state index contributed by atoms with van der Waals surface area (Å²) in [5.41, 5.74) is 1.91. The van der Waals surface area contributed by atoms with E-state index in [0.29, 0.717) is 6.54 Å². The first-order chi connectivity index (χ1) is 7.72. The van der Waals surface area contributed by atoms with Gasteiger partial charge in [-0.2, -0.15) is 5.26 Å². The Labute approximate surface area is 92.9 Å². The normalized spacial score (nSPS) is 13.6. The predicted molar refractivity (Wildman–Crippen MR) is 59.7 cm³/mol. The van der Waals surface area contributed by atoms with Crippen molar-refractivity contribution in [2.45, 2.75) is 0 Å². The quantitative estimate of drug-likeness (QED) is 0.726. The minimum atomic E-state index is -0.953. The number of hydrogen-bond acceptors (Lipinski definition) is 4. The maximum Gasteiger partial charge on any atom is 0.335 e. The van der Waals surface area contributed by atoms with E-state index in [4.69, 9.17) is 10.4 Å². The van der Waals surface area contributed by atoms with Crippen LogP contribution in [0.1, 0.15) is 10.4 Å². The number of nitrogens with one attached hydrogen (secondary N) is 1. The topological polar surface area (TPSA) is 76.4 Å². The van der Waals surface area contributed by atoms with Crippen molar-refractivity contribution >= 4 is 17.3 Å². The maximum absolute atomic E-state index is 10.8.